The molecule has 0 aliphatic carbocycles. The number of aromatic amines is 1. The standard InChI is InChI=1S/C19H20N2O2S/c1-14-4-7-17(8-5-14)24(22,23)21-12-2-3-19(21)16-6-9-18-15(13-16)10-11-20-18/h4-11,13,19-20H,2-3,12H2,1H3. The van der Waals surface area contributed by atoms with Gasteiger partial charge in [-0.1, -0.05) is 23.8 Å². The van der Waals surface area contributed by atoms with Gasteiger partial charge in [0, 0.05) is 18.3 Å². The Balaban J connectivity index is 1.72. The van der Waals surface area contributed by atoms with Crippen LogP contribution in [0.5, 0.6) is 0 Å². The monoisotopic (exact) mass is 340 g/mol. The van der Waals surface area contributed by atoms with Crippen LogP contribution in [0, 0.1) is 6.92 Å². The fourth-order valence-electron chi connectivity index (χ4n) is 3.49. The zero-order valence-corrected chi connectivity index (χ0v) is 14.4. The number of aryl methyl sites for hydroxylation is 1. The van der Waals surface area contributed by atoms with Gasteiger partial charge in [-0.3, -0.25) is 0 Å². The molecule has 1 aliphatic heterocycles. The van der Waals surface area contributed by atoms with Crippen LogP contribution in [0.25, 0.3) is 10.9 Å². The van der Waals surface area contributed by atoms with Crippen LogP contribution in [0.1, 0.15) is 30.0 Å². The molecule has 1 saturated heterocycles. The van der Waals surface area contributed by atoms with Crippen LogP contribution >= 0.6 is 0 Å². The van der Waals surface area contributed by atoms with Crippen molar-refractivity contribution in [2.45, 2.75) is 30.7 Å². The smallest absolute Gasteiger partial charge is 0.243 e. The molecule has 1 atom stereocenters. The first-order valence-corrected chi connectivity index (χ1v) is 9.65. The predicted molar refractivity (Wildman–Crippen MR) is 95.3 cm³/mol. The van der Waals surface area contributed by atoms with E-state index in [0.717, 1.165) is 34.9 Å². The molecular formula is C19H20N2O2S. The van der Waals surface area contributed by atoms with Gasteiger partial charge in [-0.25, -0.2) is 8.42 Å². The Hall–Kier alpha value is -2.11. The lowest BCUT2D eigenvalue weighted by Crippen LogP contribution is -2.30. The van der Waals surface area contributed by atoms with Gasteiger partial charge in [0.15, 0.2) is 0 Å². The van der Waals surface area contributed by atoms with Gasteiger partial charge < -0.3 is 4.98 Å². The van der Waals surface area contributed by atoms with E-state index < -0.39 is 10.0 Å². The van der Waals surface area contributed by atoms with Crippen molar-refractivity contribution in [3.8, 4) is 0 Å². The lowest BCUT2D eigenvalue weighted by Gasteiger charge is -2.24. The second-order valence-corrected chi connectivity index (χ2v) is 8.30. The van der Waals surface area contributed by atoms with E-state index in [1.807, 2.05) is 43.5 Å². The largest absolute Gasteiger partial charge is 0.361 e. The van der Waals surface area contributed by atoms with E-state index in [1.54, 1.807) is 16.4 Å². The molecule has 1 unspecified atom stereocenters. The molecule has 0 spiro atoms. The van der Waals surface area contributed by atoms with Crippen molar-refractivity contribution in [3.05, 3.63) is 65.9 Å². The molecule has 1 aliphatic rings. The molecule has 0 saturated carbocycles. The maximum absolute atomic E-state index is 13.1. The van der Waals surface area contributed by atoms with Crippen LogP contribution in [0.2, 0.25) is 0 Å². The minimum Gasteiger partial charge on any atom is -0.361 e. The van der Waals surface area contributed by atoms with Crippen molar-refractivity contribution in [2.24, 2.45) is 0 Å². The molecule has 3 aromatic rings. The third kappa shape index (κ3) is 2.54. The highest BCUT2D eigenvalue weighted by Gasteiger charge is 2.36. The molecule has 1 aromatic heterocycles. The van der Waals surface area contributed by atoms with Crippen LogP contribution in [-0.2, 0) is 10.0 Å². The zero-order valence-electron chi connectivity index (χ0n) is 13.6. The summed E-state index contributed by atoms with van der Waals surface area (Å²) in [7, 11) is -3.47. The molecule has 1 N–H and O–H groups in total. The molecule has 0 amide bonds. The van der Waals surface area contributed by atoms with Crippen molar-refractivity contribution in [3.63, 3.8) is 0 Å². The highest BCUT2D eigenvalue weighted by molar-refractivity contribution is 7.89. The third-order valence-corrected chi connectivity index (χ3v) is 6.72. The second kappa shape index (κ2) is 5.76. The SMILES string of the molecule is Cc1ccc(S(=O)(=O)N2CCCC2c2ccc3[nH]ccc3c2)cc1. The topological polar surface area (TPSA) is 53.2 Å². The third-order valence-electron chi connectivity index (χ3n) is 4.79. The summed E-state index contributed by atoms with van der Waals surface area (Å²) < 4.78 is 27.8. The van der Waals surface area contributed by atoms with Crippen molar-refractivity contribution in [1.29, 1.82) is 0 Å². The fourth-order valence-corrected chi connectivity index (χ4v) is 5.17. The number of hydrogen-bond acceptors (Lipinski definition) is 2. The summed E-state index contributed by atoms with van der Waals surface area (Å²) in [5, 5.41) is 1.12. The van der Waals surface area contributed by atoms with Crippen LogP contribution < -0.4 is 0 Å². The quantitative estimate of drug-likeness (QED) is 0.783. The van der Waals surface area contributed by atoms with E-state index >= 15 is 0 Å². The minimum atomic E-state index is -3.47. The molecule has 124 valence electrons. The highest BCUT2D eigenvalue weighted by atomic mass is 32.2. The number of fused-ring (bicyclic) bond motifs is 1. The van der Waals surface area contributed by atoms with E-state index in [-0.39, 0.29) is 6.04 Å². The van der Waals surface area contributed by atoms with Gasteiger partial charge in [0.05, 0.1) is 10.9 Å². The maximum Gasteiger partial charge on any atom is 0.243 e. The average Bonchev–Trinajstić information content (AvgIpc) is 3.24. The van der Waals surface area contributed by atoms with Gasteiger partial charge in [0.1, 0.15) is 0 Å². The Morgan fingerprint density at radius 2 is 1.88 bits per heavy atom. The summed E-state index contributed by atoms with van der Waals surface area (Å²) >= 11 is 0. The summed E-state index contributed by atoms with van der Waals surface area (Å²) in [4.78, 5) is 3.56. The normalized spacial score (nSPS) is 19.1. The number of benzene rings is 2. The van der Waals surface area contributed by atoms with Crippen LogP contribution in [0.3, 0.4) is 0 Å². The fraction of sp³-hybridized carbons (Fsp3) is 0.263. The van der Waals surface area contributed by atoms with Gasteiger partial charge in [0.25, 0.3) is 0 Å². The number of hydrogen-bond donors (Lipinski definition) is 1. The maximum atomic E-state index is 13.1. The molecule has 4 rings (SSSR count). The first-order chi connectivity index (χ1) is 11.6. The lowest BCUT2D eigenvalue weighted by atomic mass is 10.0. The van der Waals surface area contributed by atoms with Gasteiger partial charge in [0.2, 0.25) is 10.0 Å². The number of H-pyrrole nitrogens is 1. The van der Waals surface area contributed by atoms with Crippen LogP contribution in [-0.4, -0.2) is 24.3 Å². The number of nitrogens with zero attached hydrogens (tertiary/aromatic N) is 1. The summed E-state index contributed by atoms with van der Waals surface area (Å²) in [5.41, 5.74) is 3.20. The number of nitrogens with one attached hydrogen (secondary N) is 1. The molecular weight excluding hydrogens is 320 g/mol. The Labute approximate surface area is 142 Å². The first kappa shape index (κ1) is 15.4. The Kier molecular flexibility index (Phi) is 3.70. The van der Waals surface area contributed by atoms with E-state index in [2.05, 4.69) is 11.1 Å². The summed E-state index contributed by atoms with van der Waals surface area (Å²) in [6.45, 7) is 2.53. The van der Waals surface area contributed by atoms with Gasteiger partial charge in [-0.2, -0.15) is 4.31 Å². The van der Waals surface area contributed by atoms with Crippen molar-refractivity contribution in [2.75, 3.05) is 6.54 Å². The summed E-state index contributed by atoms with van der Waals surface area (Å²) in [5.74, 6) is 0. The van der Waals surface area contributed by atoms with Crippen molar-refractivity contribution < 1.29 is 8.42 Å². The molecule has 0 bridgehead atoms. The molecule has 1 fully saturated rings. The van der Waals surface area contributed by atoms with Gasteiger partial charge in [-0.15, -0.1) is 0 Å². The minimum absolute atomic E-state index is 0.0874. The number of sulfonamides is 1. The van der Waals surface area contributed by atoms with Crippen LogP contribution in [0.15, 0.2) is 59.6 Å². The highest BCUT2D eigenvalue weighted by Crippen LogP contribution is 2.37. The van der Waals surface area contributed by atoms with Gasteiger partial charge in [-0.05, 0) is 61.0 Å². The predicted octanol–water partition coefficient (Wildman–Crippen LogP) is 4.00. The Morgan fingerprint density at radius 3 is 2.67 bits per heavy atom. The Bertz CT molecular complexity index is 974. The van der Waals surface area contributed by atoms with E-state index in [0.29, 0.717) is 11.4 Å². The number of aromatic nitrogens is 1. The summed E-state index contributed by atoms with van der Waals surface area (Å²) in [6, 6.07) is 15.2. The van der Waals surface area contributed by atoms with Crippen molar-refractivity contribution >= 4 is 20.9 Å². The molecule has 5 heteroatoms. The number of rotatable bonds is 3. The molecule has 2 aromatic carbocycles. The molecule has 24 heavy (non-hydrogen) atoms. The second-order valence-electron chi connectivity index (χ2n) is 6.41. The zero-order chi connectivity index (χ0) is 16.7. The van der Waals surface area contributed by atoms with E-state index in [4.69, 9.17) is 0 Å². The molecule has 2 heterocycles. The molecule has 0 radical (unpaired) electrons. The van der Waals surface area contributed by atoms with E-state index in [9.17, 15) is 8.42 Å². The first-order valence-electron chi connectivity index (χ1n) is 8.21. The van der Waals surface area contributed by atoms with Crippen molar-refractivity contribution in [1.82, 2.24) is 9.29 Å². The Morgan fingerprint density at radius 1 is 1.08 bits per heavy atom. The van der Waals surface area contributed by atoms with Crippen LogP contribution in [0.4, 0.5) is 0 Å². The molecule has 4 nitrogen and oxygen atoms in total. The van der Waals surface area contributed by atoms with E-state index in [1.165, 1.54) is 0 Å². The summed E-state index contributed by atoms with van der Waals surface area (Å²) in [6.07, 6.45) is 3.66. The average molecular weight is 340 g/mol. The lowest BCUT2D eigenvalue weighted by molar-refractivity contribution is 0.397. The van der Waals surface area contributed by atoms with Gasteiger partial charge >= 0.3 is 0 Å².